The van der Waals surface area contributed by atoms with Gasteiger partial charge in [-0.25, -0.2) is 8.42 Å². The Balaban J connectivity index is 1.41. The number of hydrogen-bond acceptors (Lipinski definition) is 6. The second-order valence-electron chi connectivity index (χ2n) is 7.61. The normalized spacial score (nSPS) is 14.8. The van der Waals surface area contributed by atoms with Crippen LogP contribution >= 0.6 is 0 Å². The number of hydrogen-bond donors (Lipinski definition) is 0. The Hall–Kier alpha value is -3.37. The first-order valence-electron chi connectivity index (χ1n) is 10.5. The highest BCUT2D eigenvalue weighted by atomic mass is 32.2. The van der Waals surface area contributed by atoms with Crippen molar-refractivity contribution in [2.75, 3.05) is 40.4 Å². The standard InChI is InChI=1S/C23H26N4O5S/c1-31-20-8-9-21(32-2)22(16-20)33(29,30)27-14-12-25(13-15-27)23(28)19-6-4-18(5-7-19)17-26-11-3-10-24-26/h3-11,16H,12-15,17H2,1-2H3. The molecule has 33 heavy (non-hydrogen) atoms. The van der Waals surface area contributed by atoms with Gasteiger partial charge < -0.3 is 14.4 Å². The summed E-state index contributed by atoms with van der Waals surface area (Å²) in [5.41, 5.74) is 1.61. The Morgan fingerprint density at radius 2 is 1.73 bits per heavy atom. The van der Waals surface area contributed by atoms with Crippen LogP contribution in [0.25, 0.3) is 0 Å². The Morgan fingerprint density at radius 3 is 2.33 bits per heavy atom. The van der Waals surface area contributed by atoms with Gasteiger partial charge in [-0.2, -0.15) is 9.40 Å². The number of nitrogens with zero attached hydrogens (tertiary/aromatic N) is 4. The maximum atomic E-state index is 13.2. The lowest BCUT2D eigenvalue weighted by Crippen LogP contribution is -2.50. The van der Waals surface area contributed by atoms with Crippen molar-refractivity contribution in [1.82, 2.24) is 19.0 Å². The fourth-order valence-corrected chi connectivity index (χ4v) is 5.37. The molecule has 1 amide bonds. The third-order valence-corrected chi connectivity index (χ3v) is 7.54. The van der Waals surface area contributed by atoms with Crippen molar-refractivity contribution in [3.05, 3.63) is 72.1 Å². The van der Waals surface area contributed by atoms with Crippen LogP contribution in [0, 0.1) is 0 Å². The van der Waals surface area contributed by atoms with Crippen LogP contribution in [-0.4, -0.2) is 73.7 Å². The van der Waals surface area contributed by atoms with Gasteiger partial charge in [0.25, 0.3) is 5.91 Å². The number of methoxy groups -OCH3 is 2. The van der Waals surface area contributed by atoms with Gasteiger partial charge in [0, 0.05) is 50.2 Å². The summed E-state index contributed by atoms with van der Waals surface area (Å²) in [7, 11) is -0.893. The zero-order chi connectivity index (χ0) is 23.4. The molecule has 4 rings (SSSR count). The summed E-state index contributed by atoms with van der Waals surface area (Å²) < 4.78 is 40.1. The molecule has 1 aliphatic heterocycles. The van der Waals surface area contributed by atoms with Crippen LogP contribution in [0.4, 0.5) is 0 Å². The SMILES string of the molecule is COc1ccc(OC)c(S(=O)(=O)N2CCN(C(=O)c3ccc(Cn4cccn4)cc3)CC2)c1. The number of carbonyl (C=O) groups is 1. The molecule has 2 aromatic carbocycles. The van der Waals surface area contributed by atoms with Crippen molar-refractivity contribution in [3.63, 3.8) is 0 Å². The molecule has 1 fully saturated rings. The van der Waals surface area contributed by atoms with E-state index in [0.717, 1.165) is 5.56 Å². The Labute approximate surface area is 193 Å². The van der Waals surface area contributed by atoms with Crippen LogP contribution in [0.1, 0.15) is 15.9 Å². The first-order chi connectivity index (χ1) is 15.9. The lowest BCUT2D eigenvalue weighted by molar-refractivity contribution is 0.0697. The van der Waals surface area contributed by atoms with Crippen LogP contribution in [0.2, 0.25) is 0 Å². The summed E-state index contributed by atoms with van der Waals surface area (Å²) in [4.78, 5) is 14.7. The van der Waals surface area contributed by atoms with Crippen molar-refractivity contribution in [2.24, 2.45) is 0 Å². The topological polar surface area (TPSA) is 94.0 Å². The van der Waals surface area contributed by atoms with E-state index in [4.69, 9.17) is 9.47 Å². The highest BCUT2D eigenvalue weighted by Gasteiger charge is 2.32. The van der Waals surface area contributed by atoms with Gasteiger partial charge in [-0.05, 0) is 35.9 Å². The molecule has 0 aliphatic carbocycles. The van der Waals surface area contributed by atoms with Crippen LogP contribution in [0.3, 0.4) is 0 Å². The van der Waals surface area contributed by atoms with Crippen LogP contribution in [-0.2, 0) is 16.6 Å². The third kappa shape index (κ3) is 4.86. The molecular formula is C23H26N4O5S. The second kappa shape index (κ2) is 9.63. The number of piperazine rings is 1. The van der Waals surface area contributed by atoms with E-state index >= 15 is 0 Å². The molecule has 0 saturated carbocycles. The minimum absolute atomic E-state index is 0.0527. The number of rotatable bonds is 7. The first-order valence-corrected chi connectivity index (χ1v) is 11.9. The molecule has 0 N–H and O–H groups in total. The van der Waals surface area contributed by atoms with E-state index in [9.17, 15) is 13.2 Å². The molecule has 0 radical (unpaired) electrons. The van der Waals surface area contributed by atoms with Crippen molar-refractivity contribution in [3.8, 4) is 11.5 Å². The number of sulfonamides is 1. The summed E-state index contributed by atoms with van der Waals surface area (Å²) >= 11 is 0. The Bertz CT molecular complexity index is 1200. The highest BCUT2D eigenvalue weighted by molar-refractivity contribution is 7.89. The second-order valence-corrected chi connectivity index (χ2v) is 9.52. The Kier molecular flexibility index (Phi) is 6.66. The smallest absolute Gasteiger partial charge is 0.253 e. The van der Waals surface area contributed by atoms with Gasteiger partial charge in [-0.3, -0.25) is 9.48 Å². The molecular weight excluding hydrogens is 444 g/mol. The number of ether oxygens (including phenoxy) is 2. The van der Waals surface area contributed by atoms with Crippen molar-refractivity contribution in [2.45, 2.75) is 11.4 Å². The van der Waals surface area contributed by atoms with E-state index in [1.54, 1.807) is 35.4 Å². The quantitative estimate of drug-likeness (QED) is 0.525. The van der Waals surface area contributed by atoms with E-state index in [1.165, 1.54) is 24.6 Å². The third-order valence-electron chi connectivity index (χ3n) is 5.62. The van der Waals surface area contributed by atoms with Crippen molar-refractivity contribution < 1.29 is 22.7 Å². The first kappa shape index (κ1) is 22.8. The number of carbonyl (C=O) groups excluding carboxylic acids is 1. The minimum Gasteiger partial charge on any atom is -0.497 e. The van der Waals surface area contributed by atoms with E-state index in [-0.39, 0.29) is 29.6 Å². The summed E-state index contributed by atoms with van der Waals surface area (Å²) in [6.07, 6.45) is 3.61. The highest BCUT2D eigenvalue weighted by Crippen LogP contribution is 2.31. The lowest BCUT2D eigenvalue weighted by Gasteiger charge is -2.34. The molecule has 174 valence electrons. The summed E-state index contributed by atoms with van der Waals surface area (Å²) in [5.74, 6) is 0.570. The van der Waals surface area contributed by atoms with E-state index in [0.29, 0.717) is 30.9 Å². The average Bonchev–Trinajstić information content (AvgIpc) is 3.36. The molecule has 2 heterocycles. The van der Waals surface area contributed by atoms with Crippen molar-refractivity contribution >= 4 is 15.9 Å². The number of aromatic nitrogens is 2. The van der Waals surface area contributed by atoms with Crippen molar-refractivity contribution in [1.29, 1.82) is 0 Å². The molecule has 1 aliphatic rings. The summed E-state index contributed by atoms with van der Waals surface area (Å²) in [5, 5.41) is 4.18. The molecule has 1 aromatic heterocycles. The van der Waals surface area contributed by atoms with Gasteiger partial charge in [0.05, 0.1) is 20.8 Å². The summed E-state index contributed by atoms with van der Waals surface area (Å²) in [6, 6.07) is 13.9. The minimum atomic E-state index is -3.80. The van der Waals surface area contributed by atoms with Crippen LogP contribution in [0.5, 0.6) is 11.5 Å². The maximum absolute atomic E-state index is 13.2. The van der Waals surface area contributed by atoms with Gasteiger partial charge in [0.2, 0.25) is 10.0 Å². The van der Waals surface area contributed by atoms with E-state index in [1.807, 2.05) is 29.1 Å². The molecule has 0 atom stereocenters. The molecule has 0 spiro atoms. The molecule has 1 saturated heterocycles. The average molecular weight is 471 g/mol. The van der Waals surface area contributed by atoms with E-state index in [2.05, 4.69) is 5.10 Å². The molecule has 9 nitrogen and oxygen atoms in total. The fraction of sp³-hybridized carbons (Fsp3) is 0.304. The lowest BCUT2D eigenvalue weighted by atomic mass is 10.1. The number of amides is 1. The Morgan fingerprint density at radius 1 is 1.00 bits per heavy atom. The monoisotopic (exact) mass is 470 g/mol. The van der Waals surface area contributed by atoms with E-state index < -0.39 is 10.0 Å². The van der Waals surface area contributed by atoms with Gasteiger partial charge in [0.15, 0.2) is 0 Å². The molecule has 3 aromatic rings. The van der Waals surface area contributed by atoms with Gasteiger partial charge in [-0.1, -0.05) is 12.1 Å². The van der Waals surface area contributed by atoms with Gasteiger partial charge in [-0.15, -0.1) is 0 Å². The molecule has 0 unspecified atom stereocenters. The predicted octanol–water partition coefficient (Wildman–Crippen LogP) is 2.10. The maximum Gasteiger partial charge on any atom is 0.253 e. The zero-order valence-electron chi connectivity index (χ0n) is 18.5. The van der Waals surface area contributed by atoms with Crippen LogP contribution < -0.4 is 9.47 Å². The molecule has 10 heteroatoms. The van der Waals surface area contributed by atoms with Crippen LogP contribution in [0.15, 0.2) is 65.8 Å². The predicted molar refractivity (Wildman–Crippen MR) is 122 cm³/mol. The largest absolute Gasteiger partial charge is 0.497 e. The van der Waals surface area contributed by atoms with Gasteiger partial charge in [0.1, 0.15) is 16.4 Å². The zero-order valence-corrected chi connectivity index (χ0v) is 19.4. The summed E-state index contributed by atoms with van der Waals surface area (Å²) in [6.45, 7) is 1.64. The van der Waals surface area contributed by atoms with Gasteiger partial charge >= 0.3 is 0 Å². The molecule has 0 bridgehead atoms. The number of benzene rings is 2. The fourth-order valence-electron chi connectivity index (χ4n) is 3.77.